The highest BCUT2D eigenvalue weighted by Gasteiger charge is 2.16. The second-order valence-corrected chi connectivity index (χ2v) is 6.85. The van der Waals surface area contributed by atoms with E-state index >= 15 is 0 Å². The van der Waals surface area contributed by atoms with E-state index in [0.717, 1.165) is 23.4 Å². The highest BCUT2D eigenvalue weighted by molar-refractivity contribution is 7.10. The number of rotatable bonds is 3. The van der Waals surface area contributed by atoms with Crippen molar-refractivity contribution < 1.29 is 0 Å². The second kappa shape index (κ2) is 5.23. The van der Waals surface area contributed by atoms with Gasteiger partial charge in [-0.1, -0.05) is 6.07 Å². The van der Waals surface area contributed by atoms with Crippen LogP contribution in [0.3, 0.4) is 0 Å². The lowest BCUT2D eigenvalue weighted by Crippen LogP contribution is -2.05. The maximum absolute atomic E-state index is 6.32. The summed E-state index contributed by atoms with van der Waals surface area (Å²) in [6, 6.07) is 8.55. The summed E-state index contributed by atoms with van der Waals surface area (Å²) in [6.07, 6.45) is 0. The molecule has 1 atom stereocenters. The Labute approximate surface area is 128 Å². The molecule has 3 rings (SSSR count). The third kappa shape index (κ3) is 2.36. The van der Waals surface area contributed by atoms with Crippen LogP contribution >= 0.6 is 22.9 Å². The largest absolute Gasteiger partial charge is 0.321 e. The van der Waals surface area contributed by atoms with Crippen LogP contribution in [0.25, 0.3) is 11.0 Å². The standard InChI is InChI=1S/C16H17ClN2S/c1-10-4-5-14-13(8-10)18-16(12(3)17)19(14)9-15-11(2)6-7-20-15/h4-8,12H,9H2,1-3H3. The molecule has 20 heavy (non-hydrogen) atoms. The summed E-state index contributed by atoms with van der Waals surface area (Å²) in [4.78, 5) is 6.08. The van der Waals surface area contributed by atoms with Gasteiger partial charge in [0, 0.05) is 4.88 Å². The summed E-state index contributed by atoms with van der Waals surface area (Å²) in [5.41, 5.74) is 4.74. The molecule has 2 aromatic heterocycles. The fourth-order valence-corrected chi connectivity index (χ4v) is 3.50. The van der Waals surface area contributed by atoms with Crippen molar-refractivity contribution in [3.8, 4) is 0 Å². The lowest BCUT2D eigenvalue weighted by molar-refractivity contribution is 0.748. The van der Waals surface area contributed by atoms with Crippen LogP contribution in [0.15, 0.2) is 29.6 Å². The van der Waals surface area contributed by atoms with Crippen LogP contribution in [0.1, 0.15) is 34.1 Å². The highest BCUT2D eigenvalue weighted by atomic mass is 35.5. The van der Waals surface area contributed by atoms with Gasteiger partial charge in [0.05, 0.1) is 23.0 Å². The molecular formula is C16H17ClN2S. The molecule has 4 heteroatoms. The van der Waals surface area contributed by atoms with E-state index in [0.29, 0.717) is 0 Å². The van der Waals surface area contributed by atoms with E-state index in [1.165, 1.54) is 16.0 Å². The summed E-state index contributed by atoms with van der Waals surface area (Å²) in [6.45, 7) is 7.06. The quantitative estimate of drug-likeness (QED) is 0.618. The van der Waals surface area contributed by atoms with Gasteiger partial charge in [-0.15, -0.1) is 22.9 Å². The molecule has 2 heterocycles. The molecular weight excluding hydrogens is 288 g/mol. The number of hydrogen-bond acceptors (Lipinski definition) is 2. The Morgan fingerprint density at radius 3 is 2.75 bits per heavy atom. The molecule has 0 radical (unpaired) electrons. The third-order valence-corrected chi connectivity index (χ3v) is 4.76. The number of halogens is 1. The molecule has 0 N–H and O–H groups in total. The van der Waals surface area contributed by atoms with Gasteiger partial charge >= 0.3 is 0 Å². The molecule has 0 fully saturated rings. The van der Waals surface area contributed by atoms with Crippen molar-refractivity contribution in [3.63, 3.8) is 0 Å². The Hall–Kier alpha value is -1.32. The van der Waals surface area contributed by atoms with E-state index < -0.39 is 0 Å². The first-order valence-electron chi connectivity index (χ1n) is 6.70. The average molecular weight is 305 g/mol. The Balaban J connectivity index is 2.16. The Bertz CT molecular complexity index is 755. The molecule has 1 unspecified atom stereocenters. The number of imidazole rings is 1. The molecule has 0 spiro atoms. The van der Waals surface area contributed by atoms with Crippen molar-refractivity contribution in [1.82, 2.24) is 9.55 Å². The van der Waals surface area contributed by atoms with Crippen LogP contribution in [0.4, 0.5) is 0 Å². The minimum atomic E-state index is -0.0945. The topological polar surface area (TPSA) is 17.8 Å². The summed E-state index contributed by atoms with van der Waals surface area (Å²) < 4.78 is 2.24. The predicted molar refractivity (Wildman–Crippen MR) is 86.9 cm³/mol. The lowest BCUT2D eigenvalue weighted by atomic mass is 10.2. The van der Waals surface area contributed by atoms with E-state index in [-0.39, 0.29) is 5.38 Å². The van der Waals surface area contributed by atoms with Crippen LogP contribution in [0, 0.1) is 13.8 Å². The number of aryl methyl sites for hydroxylation is 2. The molecule has 1 aromatic carbocycles. The summed E-state index contributed by atoms with van der Waals surface area (Å²) in [5.74, 6) is 0.945. The van der Waals surface area contributed by atoms with Crippen molar-refractivity contribution in [1.29, 1.82) is 0 Å². The zero-order chi connectivity index (χ0) is 14.3. The van der Waals surface area contributed by atoms with Gasteiger partial charge in [0.1, 0.15) is 5.82 Å². The predicted octanol–water partition coefficient (Wildman–Crippen LogP) is 5.06. The number of fused-ring (bicyclic) bond motifs is 1. The van der Waals surface area contributed by atoms with E-state index in [9.17, 15) is 0 Å². The number of benzene rings is 1. The van der Waals surface area contributed by atoms with Gasteiger partial charge in [-0.05, 0) is 55.5 Å². The molecule has 2 nitrogen and oxygen atoms in total. The van der Waals surface area contributed by atoms with Crippen molar-refractivity contribution in [2.24, 2.45) is 0 Å². The number of hydrogen-bond donors (Lipinski definition) is 0. The Morgan fingerprint density at radius 2 is 2.10 bits per heavy atom. The Kier molecular flexibility index (Phi) is 3.57. The first-order valence-corrected chi connectivity index (χ1v) is 8.01. The van der Waals surface area contributed by atoms with Crippen molar-refractivity contribution in [2.45, 2.75) is 32.7 Å². The van der Waals surface area contributed by atoms with Crippen LogP contribution in [-0.2, 0) is 6.54 Å². The molecule has 0 saturated carbocycles. The van der Waals surface area contributed by atoms with Gasteiger partial charge in [0.2, 0.25) is 0 Å². The molecule has 0 amide bonds. The molecule has 3 aromatic rings. The summed E-state index contributed by atoms with van der Waals surface area (Å²) >= 11 is 8.11. The lowest BCUT2D eigenvalue weighted by Gasteiger charge is -2.10. The zero-order valence-electron chi connectivity index (χ0n) is 11.9. The number of alkyl halides is 1. The summed E-state index contributed by atoms with van der Waals surface area (Å²) in [5, 5.41) is 2.04. The molecule has 0 bridgehead atoms. The normalized spacial score (nSPS) is 13.0. The van der Waals surface area contributed by atoms with Crippen LogP contribution < -0.4 is 0 Å². The number of aromatic nitrogens is 2. The van der Waals surface area contributed by atoms with Crippen molar-refractivity contribution in [3.05, 3.63) is 51.5 Å². The van der Waals surface area contributed by atoms with Crippen molar-refractivity contribution in [2.75, 3.05) is 0 Å². The molecule has 0 aliphatic carbocycles. The van der Waals surface area contributed by atoms with Crippen molar-refractivity contribution >= 4 is 34.0 Å². The first kappa shape index (κ1) is 13.7. The molecule has 0 aliphatic heterocycles. The van der Waals surface area contributed by atoms with Gasteiger partial charge in [0.15, 0.2) is 0 Å². The SMILES string of the molecule is Cc1ccc2c(c1)nc(C(C)Cl)n2Cc1sccc1C. The summed E-state index contributed by atoms with van der Waals surface area (Å²) in [7, 11) is 0. The fraction of sp³-hybridized carbons (Fsp3) is 0.312. The number of nitrogens with zero attached hydrogens (tertiary/aromatic N) is 2. The minimum absolute atomic E-state index is 0.0945. The molecule has 104 valence electrons. The zero-order valence-corrected chi connectivity index (χ0v) is 13.4. The number of thiophene rings is 1. The molecule has 0 saturated heterocycles. The van der Waals surface area contributed by atoms with Crippen LogP contribution in [-0.4, -0.2) is 9.55 Å². The third-order valence-electron chi connectivity index (χ3n) is 3.56. The van der Waals surface area contributed by atoms with E-state index in [1.807, 2.05) is 6.92 Å². The van der Waals surface area contributed by atoms with Gasteiger partial charge in [-0.25, -0.2) is 4.98 Å². The molecule has 0 aliphatic rings. The maximum Gasteiger partial charge on any atom is 0.128 e. The highest BCUT2D eigenvalue weighted by Crippen LogP contribution is 2.28. The maximum atomic E-state index is 6.32. The Morgan fingerprint density at radius 1 is 1.30 bits per heavy atom. The van der Waals surface area contributed by atoms with E-state index in [4.69, 9.17) is 16.6 Å². The van der Waals surface area contributed by atoms with E-state index in [1.54, 1.807) is 11.3 Å². The van der Waals surface area contributed by atoms with Gasteiger partial charge in [0.25, 0.3) is 0 Å². The monoisotopic (exact) mass is 304 g/mol. The van der Waals surface area contributed by atoms with Crippen LogP contribution in [0.2, 0.25) is 0 Å². The average Bonchev–Trinajstić information content (AvgIpc) is 2.95. The fourth-order valence-electron chi connectivity index (χ4n) is 2.44. The second-order valence-electron chi connectivity index (χ2n) is 5.19. The van der Waals surface area contributed by atoms with Gasteiger partial charge < -0.3 is 4.57 Å². The van der Waals surface area contributed by atoms with E-state index in [2.05, 4.69) is 48.1 Å². The minimum Gasteiger partial charge on any atom is -0.321 e. The van der Waals surface area contributed by atoms with Gasteiger partial charge in [-0.3, -0.25) is 0 Å². The van der Waals surface area contributed by atoms with Crippen LogP contribution in [0.5, 0.6) is 0 Å². The first-order chi connectivity index (χ1) is 9.56. The smallest absolute Gasteiger partial charge is 0.128 e. The van der Waals surface area contributed by atoms with Gasteiger partial charge in [-0.2, -0.15) is 0 Å².